The van der Waals surface area contributed by atoms with Crippen LogP contribution < -0.4 is 23.7 Å². The second kappa shape index (κ2) is 9.18. The second-order valence-electron chi connectivity index (χ2n) is 5.88. The predicted octanol–water partition coefficient (Wildman–Crippen LogP) is 2.36. The maximum Gasteiger partial charge on any atom is 0.205 e. The molecule has 0 heterocycles. The first kappa shape index (κ1) is 21.2. The summed E-state index contributed by atoms with van der Waals surface area (Å²) >= 11 is 0. The standard InChI is InChI=1S/C20H24O8/c1-11-6-15(26-4)20(16(7-11)27-5)28-17(10-21)18(22)12-8-13(24-2)19(23)14(9-12)25-3/h6-9,17,21,23H,10H2,1-5H3. The fraction of sp³-hybridized carbons (Fsp3) is 0.350. The number of hydrogen-bond donors (Lipinski definition) is 2. The minimum Gasteiger partial charge on any atom is -0.502 e. The summed E-state index contributed by atoms with van der Waals surface area (Å²) < 4.78 is 26.5. The van der Waals surface area contributed by atoms with Crippen molar-refractivity contribution in [1.82, 2.24) is 0 Å². The Morgan fingerprint density at radius 3 is 1.75 bits per heavy atom. The monoisotopic (exact) mass is 392 g/mol. The first-order valence-electron chi connectivity index (χ1n) is 8.39. The molecule has 2 N–H and O–H groups in total. The number of hydrogen-bond acceptors (Lipinski definition) is 8. The van der Waals surface area contributed by atoms with Gasteiger partial charge in [0.05, 0.1) is 35.0 Å². The van der Waals surface area contributed by atoms with Crippen LogP contribution in [0.25, 0.3) is 0 Å². The molecule has 0 aliphatic heterocycles. The molecule has 152 valence electrons. The van der Waals surface area contributed by atoms with E-state index in [1.807, 2.05) is 6.92 Å². The zero-order valence-electron chi connectivity index (χ0n) is 16.4. The smallest absolute Gasteiger partial charge is 0.205 e. The van der Waals surface area contributed by atoms with E-state index in [1.54, 1.807) is 12.1 Å². The number of methoxy groups -OCH3 is 4. The summed E-state index contributed by atoms with van der Waals surface area (Å²) in [4.78, 5) is 12.9. The summed E-state index contributed by atoms with van der Waals surface area (Å²) in [5, 5.41) is 19.8. The highest BCUT2D eigenvalue weighted by molar-refractivity contribution is 6.01. The average Bonchev–Trinajstić information content (AvgIpc) is 2.71. The molecule has 2 rings (SSSR count). The highest BCUT2D eigenvalue weighted by Crippen LogP contribution is 2.40. The summed E-state index contributed by atoms with van der Waals surface area (Å²) in [6, 6.07) is 6.14. The molecule has 0 spiro atoms. The van der Waals surface area contributed by atoms with Gasteiger partial charge in [-0.05, 0) is 36.8 Å². The highest BCUT2D eigenvalue weighted by Gasteiger charge is 2.27. The lowest BCUT2D eigenvalue weighted by atomic mass is 10.0. The first-order valence-corrected chi connectivity index (χ1v) is 8.39. The van der Waals surface area contributed by atoms with Gasteiger partial charge < -0.3 is 33.9 Å². The van der Waals surface area contributed by atoms with Gasteiger partial charge in [-0.15, -0.1) is 0 Å². The van der Waals surface area contributed by atoms with Crippen LogP contribution in [-0.2, 0) is 0 Å². The summed E-state index contributed by atoms with van der Waals surface area (Å²) in [6.07, 6.45) is -1.25. The van der Waals surface area contributed by atoms with Gasteiger partial charge in [0.25, 0.3) is 0 Å². The number of aliphatic hydroxyl groups is 1. The van der Waals surface area contributed by atoms with E-state index < -0.39 is 18.5 Å². The number of rotatable bonds is 9. The summed E-state index contributed by atoms with van der Waals surface area (Å²) in [7, 11) is 5.63. The van der Waals surface area contributed by atoms with E-state index in [-0.39, 0.29) is 28.6 Å². The number of aliphatic hydroxyl groups excluding tert-OH is 1. The molecule has 0 aromatic heterocycles. The minimum absolute atomic E-state index is 0.0601. The Balaban J connectivity index is 2.43. The van der Waals surface area contributed by atoms with Crippen molar-refractivity contribution in [3.05, 3.63) is 35.4 Å². The van der Waals surface area contributed by atoms with Gasteiger partial charge in [-0.25, -0.2) is 0 Å². The lowest BCUT2D eigenvalue weighted by Gasteiger charge is -2.21. The number of aryl methyl sites for hydroxylation is 1. The molecule has 1 unspecified atom stereocenters. The third kappa shape index (κ3) is 4.23. The molecule has 2 aromatic carbocycles. The lowest BCUT2D eigenvalue weighted by molar-refractivity contribution is 0.0643. The lowest BCUT2D eigenvalue weighted by Crippen LogP contribution is -2.31. The average molecular weight is 392 g/mol. The number of aromatic hydroxyl groups is 1. The van der Waals surface area contributed by atoms with Crippen LogP contribution in [0.2, 0.25) is 0 Å². The number of Topliss-reactive ketones (excluding diaryl/α,β-unsaturated/α-hetero) is 1. The van der Waals surface area contributed by atoms with Crippen LogP contribution in [0.5, 0.6) is 34.5 Å². The van der Waals surface area contributed by atoms with Crippen molar-refractivity contribution in [1.29, 1.82) is 0 Å². The highest BCUT2D eigenvalue weighted by atomic mass is 16.6. The summed E-state index contributed by atoms with van der Waals surface area (Å²) in [6.45, 7) is 1.27. The van der Waals surface area contributed by atoms with Gasteiger partial charge in [-0.3, -0.25) is 4.79 Å². The predicted molar refractivity (Wildman–Crippen MR) is 101 cm³/mol. The Hall–Kier alpha value is -3.13. The molecule has 0 saturated carbocycles. The number of ketones is 1. The van der Waals surface area contributed by atoms with Crippen molar-refractivity contribution in [2.45, 2.75) is 13.0 Å². The zero-order valence-corrected chi connectivity index (χ0v) is 16.4. The molecule has 28 heavy (non-hydrogen) atoms. The minimum atomic E-state index is -1.25. The fourth-order valence-electron chi connectivity index (χ4n) is 2.66. The van der Waals surface area contributed by atoms with Gasteiger partial charge in [0, 0.05) is 5.56 Å². The van der Waals surface area contributed by atoms with E-state index in [0.717, 1.165) is 5.56 Å². The van der Waals surface area contributed by atoms with Crippen LogP contribution in [0.3, 0.4) is 0 Å². The molecule has 8 heteroatoms. The molecule has 0 fully saturated rings. The first-order chi connectivity index (χ1) is 13.4. The van der Waals surface area contributed by atoms with Gasteiger partial charge in [0.2, 0.25) is 17.3 Å². The second-order valence-corrected chi connectivity index (χ2v) is 5.88. The van der Waals surface area contributed by atoms with E-state index in [0.29, 0.717) is 11.5 Å². The van der Waals surface area contributed by atoms with Gasteiger partial charge in [0.15, 0.2) is 29.1 Å². The van der Waals surface area contributed by atoms with Crippen molar-refractivity contribution in [2.75, 3.05) is 35.0 Å². The van der Waals surface area contributed by atoms with Crippen LogP contribution in [0.4, 0.5) is 0 Å². The number of carbonyl (C=O) groups is 1. The van der Waals surface area contributed by atoms with Crippen LogP contribution in [0.1, 0.15) is 15.9 Å². The molecule has 0 bridgehead atoms. The number of phenols is 1. The maximum atomic E-state index is 12.9. The van der Waals surface area contributed by atoms with Crippen LogP contribution in [0.15, 0.2) is 24.3 Å². The van der Waals surface area contributed by atoms with E-state index in [2.05, 4.69) is 0 Å². The summed E-state index contributed by atoms with van der Waals surface area (Å²) in [5.41, 5.74) is 1.01. The van der Waals surface area contributed by atoms with Gasteiger partial charge in [0.1, 0.15) is 0 Å². The SMILES string of the molecule is COc1cc(C(=O)C(CO)Oc2c(OC)cc(C)cc2OC)cc(OC)c1O. The molecule has 0 amide bonds. The molecular formula is C20H24O8. The van der Waals surface area contributed by atoms with Crippen molar-refractivity contribution in [3.63, 3.8) is 0 Å². The van der Waals surface area contributed by atoms with Crippen LogP contribution >= 0.6 is 0 Å². The van der Waals surface area contributed by atoms with Crippen LogP contribution in [-0.4, -0.2) is 57.1 Å². The van der Waals surface area contributed by atoms with E-state index in [1.165, 1.54) is 40.6 Å². The number of phenolic OH excluding ortho intramolecular Hbond substituents is 1. The number of ether oxygens (including phenoxy) is 5. The van der Waals surface area contributed by atoms with Crippen LogP contribution in [0, 0.1) is 6.92 Å². The Morgan fingerprint density at radius 1 is 0.893 bits per heavy atom. The molecule has 1 atom stereocenters. The van der Waals surface area contributed by atoms with Crippen molar-refractivity contribution in [3.8, 4) is 34.5 Å². The number of carbonyl (C=O) groups excluding carboxylic acids is 1. The van der Waals surface area contributed by atoms with E-state index >= 15 is 0 Å². The zero-order chi connectivity index (χ0) is 20.8. The van der Waals surface area contributed by atoms with Gasteiger partial charge >= 0.3 is 0 Å². The van der Waals surface area contributed by atoms with E-state index in [4.69, 9.17) is 23.7 Å². The van der Waals surface area contributed by atoms with Gasteiger partial charge in [-0.2, -0.15) is 0 Å². The molecule has 0 radical (unpaired) electrons. The largest absolute Gasteiger partial charge is 0.502 e. The maximum absolute atomic E-state index is 12.9. The Bertz CT molecular complexity index is 796. The molecule has 8 nitrogen and oxygen atoms in total. The normalized spacial score (nSPS) is 11.5. The van der Waals surface area contributed by atoms with Gasteiger partial charge in [-0.1, -0.05) is 0 Å². The number of benzene rings is 2. The molecule has 0 saturated heterocycles. The quantitative estimate of drug-likeness (QED) is 0.627. The third-order valence-corrected chi connectivity index (χ3v) is 4.09. The Labute approximate surface area is 163 Å². The topological polar surface area (TPSA) is 104 Å². The fourth-order valence-corrected chi connectivity index (χ4v) is 2.66. The Morgan fingerprint density at radius 2 is 1.36 bits per heavy atom. The molecule has 0 aliphatic rings. The van der Waals surface area contributed by atoms with E-state index in [9.17, 15) is 15.0 Å². The van der Waals surface area contributed by atoms with Crippen molar-refractivity contribution < 1.29 is 38.7 Å². The van der Waals surface area contributed by atoms with Crippen molar-refractivity contribution in [2.24, 2.45) is 0 Å². The third-order valence-electron chi connectivity index (χ3n) is 4.09. The van der Waals surface area contributed by atoms with Crippen molar-refractivity contribution >= 4 is 5.78 Å². The summed E-state index contributed by atoms with van der Waals surface area (Å²) in [5.74, 6) is 0.275. The Kier molecular flexibility index (Phi) is 6.94. The molecule has 2 aromatic rings. The molecular weight excluding hydrogens is 368 g/mol. The molecule has 0 aliphatic carbocycles.